The van der Waals surface area contributed by atoms with E-state index < -0.39 is 0 Å². The number of aliphatic hydroxyl groups is 1. The van der Waals surface area contributed by atoms with Gasteiger partial charge in [0.1, 0.15) is 5.84 Å². The average molecular weight is 271 g/mol. The van der Waals surface area contributed by atoms with Gasteiger partial charge in [-0.25, -0.2) is 0 Å². The number of unbranched alkanes of at least 4 members (excludes halogenated alkanes) is 1. The molecule has 2 atom stereocenters. The summed E-state index contributed by atoms with van der Waals surface area (Å²) in [4.78, 5) is 2.39. The Kier molecular flexibility index (Phi) is 6.07. The van der Waals surface area contributed by atoms with Crippen LogP contribution in [-0.2, 0) is 0 Å². The lowest BCUT2D eigenvalue weighted by molar-refractivity contribution is 0.137. The third kappa shape index (κ3) is 4.35. The first-order chi connectivity index (χ1) is 8.92. The number of oxime groups is 1. The van der Waals surface area contributed by atoms with Crippen LogP contribution in [0, 0.1) is 11.3 Å². The Morgan fingerprint density at radius 3 is 2.68 bits per heavy atom. The summed E-state index contributed by atoms with van der Waals surface area (Å²) in [7, 11) is 0. The summed E-state index contributed by atoms with van der Waals surface area (Å²) in [5.74, 6) is 0.897. The van der Waals surface area contributed by atoms with Gasteiger partial charge in [-0.1, -0.05) is 32.3 Å². The fourth-order valence-corrected chi connectivity index (χ4v) is 2.81. The van der Waals surface area contributed by atoms with Crippen LogP contribution in [0.2, 0.25) is 0 Å². The van der Waals surface area contributed by atoms with Crippen LogP contribution in [0.4, 0.5) is 0 Å². The van der Waals surface area contributed by atoms with Crippen LogP contribution in [0.1, 0.15) is 46.5 Å². The molecule has 0 bridgehead atoms. The second-order valence-electron chi connectivity index (χ2n) is 6.38. The van der Waals surface area contributed by atoms with Gasteiger partial charge in [0.25, 0.3) is 0 Å². The number of nitrogens with two attached hydrogens (primary N) is 1. The van der Waals surface area contributed by atoms with Crippen molar-refractivity contribution >= 4 is 5.84 Å². The van der Waals surface area contributed by atoms with Crippen LogP contribution in [-0.4, -0.2) is 46.8 Å². The topological polar surface area (TPSA) is 82.1 Å². The highest BCUT2D eigenvalue weighted by atomic mass is 16.4. The summed E-state index contributed by atoms with van der Waals surface area (Å²) < 4.78 is 0. The van der Waals surface area contributed by atoms with E-state index in [2.05, 4.69) is 17.0 Å². The molecule has 1 fully saturated rings. The smallest absolute Gasteiger partial charge is 0.144 e. The highest BCUT2D eigenvalue weighted by molar-refractivity contribution is 5.85. The molecule has 0 saturated carbocycles. The Morgan fingerprint density at radius 1 is 1.42 bits per heavy atom. The molecule has 2 unspecified atom stereocenters. The maximum Gasteiger partial charge on any atom is 0.144 e. The minimum atomic E-state index is -0.247. The van der Waals surface area contributed by atoms with Gasteiger partial charge in [0.05, 0.1) is 6.61 Å². The SMILES string of the molecule is CC1CCN(CCCCC(C)(C)C(N)=NO)C1CO. The summed E-state index contributed by atoms with van der Waals surface area (Å²) >= 11 is 0. The zero-order chi connectivity index (χ0) is 14.5. The molecule has 0 radical (unpaired) electrons. The maximum atomic E-state index is 9.40. The Bertz CT molecular complexity index is 305. The summed E-state index contributed by atoms with van der Waals surface area (Å²) in [5.41, 5.74) is 5.43. The summed E-state index contributed by atoms with van der Waals surface area (Å²) in [5, 5.41) is 21.2. The van der Waals surface area contributed by atoms with Gasteiger partial charge in [0.15, 0.2) is 0 Å². The standard InChI is InChI=1S/C14H29N3O2/c1-11-6-9-17(12(11)10-18)8-5-4-7-14(2,3)13(15)16-19/h11-12,18-19H,4-10H2,1-3H3,(H2,15,16). The van der Waals surface area contributed by atoms with Gasteiger partial charge in [-0.05, 0) is 38.3 Å². The lowest BCUT2D eigenvalue weighted by atomic mass is 9.86. The van der Waals surface area contributed by atoms with Crippen molar-refractivity contribution in [2.45, 2.75) is 52.5 Å². The van der Waals surface area contributed by atoms with Gasteiger partial charge in [-0.3, -0.25) is 4.90 Å². The van der Waals surface area contributed by atoms with Gasteiger partial charge in [0.2, 0.25) is 0 Å². The highest BCUT2D eigenvalue weighted by Gasteiger charge is 2.30. The molecule has 1 heterocycles. The molecular weight excluding hydrogens is 242 g/mol. The van der Waals surface area contributed by atoms with Crippen molar-refractivity contribution in [3.8, 4) is 0 Å². The lowest BCUT2D eigenvalue weighted by Gasteiger charge is -2.26. The molecule has 1 aliphatic heterocycles. The van der Waals surface area contributed by atoms with Crippen molar-refractivity contribution in [3.05, 3.63) is 0 Å². The number of amidine groups is 1. The highest BCUT2D eigenvalue weighted by Crippen LogP contribution is 2.26. The number of likely N-dealkylation sites (tertiary alicyclic amines) is 1. The van der Waals surface area contributed by atoms with Gasteiger partial charge >= 0.3 is 0 Å². The van der Waals surface area contributed by atoms with Crippen LogP contribution in [0.25, 0.3) is 0 Å². The first-order valence-electron chi connectivity index (χ1n) is 7.25. The lowest BCUT2D eigenvalue weighted by Crippen LogP contribution is -2.36. The Hall–Kier alpha value is -0.810. The third-order valence-corrected chi connectivity index (χ3v) is 4.48. The van der Waals surface area contributed by atoms with Crippen LogP contribution in [0.3, 0.4) is 0 Å². The van der Waals surface area contributed by atoms with Crippen molar-refractivity contribution in [2.75, 3.05) is 19.7 Å². The molecule has 4 N–H and O–H groups in total. The minimum absolute atomic E-state index is 0.247. The van der Waals surface area contributed by atoms with Crippen molar-refractivity contribution in [3.63, 3.8) is 0 Å². The van der Waals surface area contributed by atoms with E-state index in [1.807, 2.05) is 13.8 Å². The normalized spacial score (nSPS) is 26.0. The molecule has 0 aromatic heterocycles. The monoisotopic (exact) mass is 271 g/mol. The van der Waals surface area contributed by atoms with E-state index in [4.69, 9.17) is 10.9 Å². The van der Waals surface area contributed by atoms with Crippen molar-refractivity contribution in [1.29, 1.82) is 0 Å². The van der Waals surface area contributed by atoms with E-state index >= 15 is 0 Å². The van der Waals surface area contributed by atoms with E-state index in [0.29, 0.717) is 17.8 Å². The Labute approximate surface area is 116 Å². The molecule has 0 aliphatic carbocycles. The van der Waals surface area contributed by atoms with E-state index in [0.717, 1.165) is 32.4 Å². The molecule has 5 nitrogen and oxygen atoms in total. The zero-order valence-corrected chi connectivity index (χ0v) is 12.5. The quantitative estimate of drug-likeness (QED) is 0.216. The molecule has 0 spiro atoms. The van der Waals surface area contributed by atoms with E-state index in [1.165, 1.54) is 6.42 Å². The van der Waals surface area contributed by atoms with E-state index in [9.17, 15) is 5.11 Å². The third-order valence-electron chi connectivity index (χ3n) is 4.48. The van der Waals surface area contributed by atoms with Crippen molar-refractivity contribution in [2.24, 2.45) is 22.2 Å². The largest absolute Gasteiger partial charge is 0.409 e. The molecular formula is C14H29N3O2. The maximum absolute atomic E-state index is 9.40. The summed E-state index contributed by atoms with van der Waals surface area (Å²) in [6.07, 6.45) is 4.23. The van der Waals surface area contributed by atoms with Crippen molar-refractivity contribution < 1.29 is 10.3 Å². The number of hydrogen-bond acceptors (Lipinski definition) is 4. The molecule has 1 aliphatic rings. The zero-order valence-electron chi connectivity index (χ0n) is 12.5. The van der Waals surface area contributed by atoms with Crippen LogP contribution in [0.15, 0.2) is 5.16 Å². The number of hydrogen-bond donors (Lipinski definition) is 3. The second-order valence-corrected chi connectivity index (χ2v) is 6.38. The molecule has 5 heteroatoms. The average Bonchev–Trinajstić information content (AvgIpc) is 2.74. The molecule has 19 heavy (non-hydrogen) atoms. The summed E-state index contributed by atoms with van der Waals surface area (Å²) in [6, 6.07) is 0.331. The van der Waals surface area contributed by atoms with Crippen molar-refractivity contribution in [1.82, 2.24) is 4.90 Å². The van der Waals surface area contributed by atoms with E-state index in [1.54, 1.807) is 0 Å². The molecule has 112 valence electrons. The van der Waals surface area contributed by atoms with E-state index in [-0.39, 0.29) is 12.0 Å². The Balaban J connectivity index is 2.28. The van der Waals surface area contributed by atoms with Gasteiger partial charge < -0.3 is 16.0 Å². The molecule has 0 aromatic carbocycles. The van der Waals surface area contributed by atoms with Gasteiger partial charge in [-0.2, -0.15) is 0 Å². The van der Waals surface area contributed by atoms with Gasteiger partial charge in [-0.15, -0.1) is 0 Å². The van der Waals surface area contributed by atoms with Gasteiger partial charge in [0, 0.05) is 11.5 Å². The fourth-order valence-electron chi connectivity index (χ4n) is 2.81. The summed E-state index contributed by atoms with van der Waals surface area (Å²) in [6.45, 7) is 8.59. The second kappa shape index (κ2) is 7.10. The number of aliphatic hydroxyl groups excluding tert-OH is 1. The molecule has 1 rings (SSSR count). The predicted octanol–water partition coefficient (Wildman–Crippen LogP) is 1.63. The first kappa shape index (κ1) is 16.2. The molecule has 0 amide bonds. The fraction of sp³-hybridized carbons (Fsp3) is 0.929. The van der Waals surface area contributed by atoms with Crippen LogP contribution < -0.4 is 5.73 Å². The Morgan fingerprint density at radius 2 is 2.11 bits per heavy atom. The van der Waals surface area contributed by atoms with Crippen LogP contribution >= 0.6 is 0 Å². The predicted molar refractivity (Wildman–Crippen MR) is 77.3 cm³/mol. The number of nitrogens with zero attached hydrogens (tertiary/aromatic N) is 2. The molecule has 1 saturated heterocycles. The van der Waals surface area contributed by atoms with Crippen LogP contribution in [0.5, 0.6) is 0 Å². The first-order valence-corrected chi connectivity index (χ1v) is 7.25. The number of rotatable bonds is 7. The minimum Gasteiger partial charge on any atom is -0.409 e. The molecule has 0 aromatic rings.